The van der Waals surface area contributed by atoms with Gasteiger partial charge < -0.3 is 29.2 Å². The number of benzene rings is 1. The van der Waals surface area contributed by atoms with Crippen LogP contribution in [0.4, 0.5) is 0 Å². The maximum atomic E-state index is 12.7. The van der Waals surface area contributed by atoms with Crippen molar-refractivity contribution in [3.05, 3.63) is 59.7 Å². The van der Waals surface area contributed by atoms with E-state index < -0.39 is 61.5 Å². The Balaban J connectivity index is 2.41. The van der Waals surface area contributed by atoms with Gasteiger partial charge in [0.15, 0.2) is 0 Å². The number of hydrogen-bond donors (Lipinski definition) is 2. The van der Waals surface area contributed by atoms with Gasteiger partial charge in [-0.3, -0.25) is 0 Å². The highest BCUT2D eigenvalue weighted by Gasteiger charge is 2.33. The molecule has 0 bridgehead atoms. The standard InChI is InChI=1S/C26H32O10/c1-14(2)23(29)35-21-10-16(5)11-22(36-24(30)15(3)4)20(28)13-34-26(32)18-9-7-6-8-17(18)25(31)33-12-19(21)27/h6-9,16,19-22,27-28H,1,3,10-13H2,2,4-5H3. The van der Waals surface area contributed by atoms with Crippen LogP contribution in [0.1, 0.15) is 54.3 Å². The zero-order chi connectivity index (χ0) is 27.0. The van der Waals surface area contributed by atoms with Crippen LogP contribution in [0.15, 0.2) is 48.6 Å². The molecule has 196 valence electrons. The Morgan fingerprint density at radius 3 is 1.53 bits per heavy atom. The number of rotatable bonds is 4. The molecule has 1 aliphatic heterocycles. The lowest BCUT2D eigenvalue weighted by molar-refractivity contribution is -0.155. The van der Waals surface area contributed by atoms with Crippen molar-refractivity contribution < 1.29 is 48.3 Å². The molecule has 2 rings (SSSR count). The number of hydrogen-bond acceptors (Lipinski definition) is 10. The number of aliphatic hydroxyl groups excluding tert-OH is 2. The molecular weight excluding hydrogens is 472 g/mol. The first-order valence-electron chi connectivity index (χ1n) is 11.4. The quantitative estimate of drug-likeness (QED) is 0.355. The van der Waals surface area contributed by atoms with Crippen LogP contribution in [-0.2, 0) is 28.5 Å². The van der Waals surface area contributed by atoms with Gasteiger partial charge in [0.2, 0.25) is 0 Å². The molecule has 1 aromatic rings. The fourth-order valence-electron chi connectivity index (χ4n) is 3.46. The first-order valence-corrected chi connectivity index (χ1v) is 11.4. The molecule has 0 saturated carbocycles. The predicted molar refractivity (Wildman–Crippen MR) is 127 cm³/mol. The summed E-state index contributed by atoms with van der Waals surface area (Å²) < 4.78 is 21.2. The van der Waals surface area contributed by atoms with Crippen molar-refractivity contribution in [2.24, 2.45) is 5.92 Å². The zero-order valence-electron chi connectivity index (χ0n) is 20.6. The predicted octanol–water partition coefficient (Wildman–Crippen LogP) is 2.13. The van der Waals surface area contributed by atoms with Gasteiger partial charge in [0.1, 0.15) is 37.6 Å². The summed E-state index contributed by atoms with van der Waals surface area (Å²) in [5.41, 5.74) is -0.0200. The molecule has 0 radical (unpaired) electrons. The molecule has 0 saturated heterocycles. The monoisotopic (exact) mass is 504 g/mol. The van der Waals surface area contributed by atoms with Crippen molar-refractivity contribution in [2.75, 3.05) is 13.2 Å². The minimum atomic E-state index is -1.41. The Bertz CT molecular complexity index is 935. The van der Waals surface area contributed by atoms with Crippen molar-refractivity contribution in [1.82, 2.24) is 0 Å². The number of fused-ring (bicyclic) bond motifs is 1. The van der Waals surface area contributed by atoms with Gasteiger partial charge in [0.25, 0.3) is 0 Å². The third-order valence-electron chi connectivity index (χ3n) is 5.48. The van der Waals surface area contributed by atoms with Gasteiger partial charge in [-0.05, 0) is 44.7 Å². The smallest absolute Gasteiger partial charge is 0.339 e. The maximum absolute atomic E-state index is 12.7. The summed E-state index contributed by atoms with van der Waals surface area (Å²) in [7, 11) is 0. The third-order valence-corrected chi connectivity index (χ3v) is 5.48. The van der Waals surface area contributed by atoms with Gasteiger partial charge >= 0.3 is 23.9 Å². The summed E-state index contributed by atoms with van der Waals surface area (Å²) in [5, 5.41) is 21.4. The lowest BCUT2D eigenvalue weighted by Gasteiger charge is -2.29. The highest BCUT2D eigenvalue weighted by Crippen LogP contribution is 2.23. The van der Waals surface area contributed by atoms with E-state index in [1.807, 2.05) is 0 Å². The SMILES string of the molecule is C=C(C)C(=O)OC1CC(C)CC(OC(=O)C(=C)C)C(O)COC(=O)c2ccccc2C(=O)OCC1O. The zero-order valence-corrected chi connectivity index (χ0v) is 20.6. The molecule has 10 heteroatoms. The molecule has 4 unspecified atom stereocenters. The van der Waals surface area contributed by atoms with E-state index in [1.54, 1.807) is 6.92 Å². The second-order valence-corrected chi connectivity index (χ2v) is 8.90. The third kappa shape index (κ3) is 8.03. The van der Waals surface area contributed by atoms with Crippen LogP contribution < -0.4 is 0 Å². The van der Waals surface area contributed by atoms with Gasteiger partial charge in [-0.25, -0.2) is 19.2 Å². The summed E-state index contributed by atoms with van der Waals surface area (Å²) in [6, 6.07) is 5.72. The van der Waals surface area contributed by atoms with Crippen molar-refractivity contribution in [3.8, 4) is 0 Å². The molecule has 0 aromatic heterocycles. The molecule has 0 aliphatic carbocycles. The van der Waals surface area contributed by atoms with E-state index >= 15 is 0 Å². The number of ether oxygens (including phenoxy) is 4. The minimum Gasteiger partial charge on any atom is -0.459 e. The number of aliphatic hydroxyl groups is 2. The molecule has 36 heavy (non-hydrogen) atoms. The fraction of sp³-hybridized carbons (Fsp3) is 0.462. The van der Waals surface area contributed by atoms with Crippen LogP contribution in [0.3, 0.4) is 0 Å². The van der Waals surface area contributed by atoms with Gasteiger partial charge in [-0.1, -0.05) is 32.2 Å². The molecule has 0 amide bonds. The Morgan fingerprint density at radius 1 is 0.833 bits per heavy atom. The summed E-state index contributed by atoms with van der Waals surface area (Å²) in [5.74, 6) is -3.67. The summed E-state index contributed by atoms with van der Waals surface area (Å²) in [4.78, 5) is 49.7. The van der Waals surface area contributed by atoms with Crippen molar-refractivity contribution in [3.63, 3.8) is 0 Å². The number of carbonyl (C=O) groups is 4. The summed E-state index contributed by atoms with van der Waals surface area (Å²) >= 11 is 0. The van der Waals surface area contributed by atoms with Gasteiger partial charge in [-0.2, -0.15) is 0 Å². The number of cyclic esters (lactones) is 2. The van der Waals surface area contributed by atoms with Crippen molar-refractivity contribution in [2.45, 2.75) is 58.0 Å². The average Bonchev–Trinajstić information content (AvgIpc) is 2.83. The lowest BCUT2D eigenvalue weighted by atomic mass is 9.92. The molecule has 4 atom stereocenters. The van der Waals surface area contributed by atoms with E-state index in [2.05, 4.69) is 13.2 Å². The normalized spacial score (nSPS) is 25.6. The van der Waals surface area contributed by atoms with Crippen LogP contribution in [-0.4, -0.2) is 71.7 Å². The maximum Gasteiger partial charge on any atom is 0.339 e. The van der Waals surface area contributed by atoms with Crippen LogP contribution in [0.25, 0.3) is 0 Å². The minimum absolute atomic E-state index is 0.0714. The molecule has 0 fully saturated rings. The van der Waals surface area contributed by atoms with Crippen molar-refractivity contribution >= 4 is 23.9 Å². The molecule has 1 heterocycles. The topological polar surface area (TPSA) is 146 Å². The molecular formula is C26H32O10. The average molecular weight is 505 g/mol. The second-order valence-electron chi connectivity index (χ2n) is 8.90. The van der Waals surface area contributed by atoms with E-state index in [9.17, 15) is 29.4 Å². The fourth-order valence-corrected chi connectivity index (χ4v) is 3.46. The molecule has 1 aromatic carbocycles. The number of esters is 4. The van der Waals surface area contributed by atoms with E-state index in [-0.39, 0.29) is 41.0 Å². The first-order chi connectivity index (χ1) is 16.9. The lowest BCUT2D eigenvalue weighted by Crippen LogP contribution is -2.39. The van der Waals surface area contributed by atoms with Gasteiger partial charge in [-0.15, -0.1) is 0 Å². The van der Waals surface area contributed by atoms with E-state index in [4.69, 9.17) is 18.9 Å². The van der Waals surface area contributed by atoms with E-state index in [1.165, 1.54) is 38.1 Å². The Kier molecular flexibility index (Phi) is 10.4. The van der Waals surface area contributed by atoms with Crippen LogP contribution in [0.5, 0.6) is 0 Å². The van der Waals surface area contributed by atoms with Crippen LogP contribution >= 0.6 is 0 Å². The molecule has 1 aliphatic rings. The van der Waals surface area contributed by atoms with Crippen LogP contribution in [0, 0.1) is 5.92 Å². The molecule has 2 N–H and O–H groups in total. The second kappa shape index (κ2) is 13.0. The Hall–Kier alpha value is -3.50. The van der Waals surface area contributed by atoms with E-state index in [0.29, 0.717) is 0 Å². The van der Waals surface area contributed by atoms with E-state index in [0.717, 1.165) is 0 Å². The Labute approximate surface area is 209 Å². The number of carbonyl (C=O) groups excluding carboxylic acids is 4. The largest absolute Gasteiger partial charge is 0.459 e. The van der Waals surface area contributed by atoms with Gasteiger partial charge in [0.05, 0.1) is 11.1 Å². The Morgan fingerprint density at radius 2 is 1.19 bits per heavy atom. The highest BCUT2D eigenvalue weighted by atomic mass is 16.6. The summed E-state index contributed by atoms with van der Waals surface area (Å²) in [6.07, 6.45) is -4.89. The van der Waals surface area contributed by atoms with Gasteiger partial charge in [0, 0.05) is 11.1 Å². The highest BCUT2D eigenvalue weighted by molar-refractivity contribution is 6.03. The molecule has 0 spiro atoms. The van der Waals surface area contributed by atoms with Crippen molar-refractivity contribution in [1.29, 1.82) is 0 Å². The molecule has 10 nitrogen and oxygen atoms in total. The van der Waals surface area contributed by atoms with Crippen LogP contribution in [0.2, 0.25) is 0 Å². The first kappa shape index (κ1) is 28.7. The summed E-state index contributed by atoms with van der Waals surface area (Å²) in [6.45, 7) is 10.6.